The molecule has 0 spiro atoms. The molecule has 1 atom stereocenters. The smallest absolute Gasteiger partial charge is 0.227 e. The van der Waals surface area contributed by atoms with Crippen LogP contribution in [-0.4, -0.2) is 55.0 Å². The summed E-state index contributed by atoms with van der Waals surface area (Å²) in [6, 6.07) is 16.7. The monoisotopic (exact) mass is 411 g/mol. The Bertz CT molecular complexity index is 830. The highest BCUT2D eigenvalue weighted by molar-refractivity contribution is 6.30. The van der Waals surface area contributed by atoms with Gasteiger partial charge < -0.3 is 9.80 Å². The molecule has 2 heterocycles. The van der Waals surface area contributed by atoms with E-state index in [9.17, 15) is 4.79 Å². The summed E-state index contributed by atoms with van der Waals surface area (Å²) < 4.78 is 0. The van der Waals surface area contributed by atoms with Gasteiger partial charge in [-0.3, -0.25) is 9.69 Å². The van der Waals surface area contributed by atoms with Gasteiger partial charge in [-0.25, -0.2) is 0 Å². The van der Waals surface area contributed by atoms with Crippen molar-refractivity contribution in [2.75, 3.05) is 44.2 Å². The quantitative estimate of drug-likeness (QED) is 0.754. The molecular formula is C24H30ClN3O. The van der Waals surface area contributed by atoms with Crippen LogP contribution < -0.4 is 4.90 Å². The van der Waals surface area contributed by atoms with Gasteiger partial charge in [0.1, 0.15) is 0 Å². The highest BCUT2D eigenvalue weighted by Gasteiger charge is 2.31. The average molecular weight is 412 g/mol. The van der Waals surface area contributed by atoms with Crippen LogP contribution in [0.2, 0.25) is 5.02 Å². The van der Waals surface area contributed by atoms with Crippen molar-refractivity contribution < 1.29 is 4.79 Å². The van der Waals surface area contributed by atoms with Gasteiger partial charge in [0.2, 0.25) is 5.91 Å². The second-order valence-corrected chi connectivity index (χ2v) is 8.79. The second-order valence-electron chi connectivity index (χ2n) is 8.35. The molecule has 2 aromatic rings. The molecule has 0 N–H and O–H groups in total. The predicted molar refractivity (Wildman–Crippen MR) is 119 cm³/mol. The van der Waals surface area contributed by atoms with Crippen LogP contribution in [0.1, 0.15) is 24.0 Å². The van der Waals surface area contributed by atoms with E-state index in [4.69, 9.17) is 11.6 Å². The molecule has 0 aromatic heterocycles. The number of benzene rings is 2. The Kier molecular flexibility index (Phi) is 6.41. The standard InChI is InChI=1S/C24H30ClN3O/c1-19-7-9-20(10-8-19)17-26-11-3-4-21(18-26)24(29)28-14-12-27(13-15-28)23-6-2-5-22(25)16-23/h2,5-10,16,21H,3-4,11-15,17-18H2,1H3. The van der Waals surface area contributed by atoms with Crippen LogP contribution in [0, 0.1) is 12.8 Å². The Morgan fingerprint density at radius 1 is 1.03 bits per heavy atom. The number of rotatable bonds is 4. The third-order valence-corrected chi connectivity index (χ3v) is 6.38. The first-order valence-corrected chi connectivity index (χ1v) is 11.0. The van der Waals surface area contributed by atoms with Gasteiger partial charge in [-0.05, 0) is 50.1 Å². The van der Waals surface area contributed by atoms with Crippen LogP contribution >= 0.6 is 11.6 Å². The van der Waals surface area contributed by atoms with Gasteiger partial charge in [-0.2, -0.15) is 0 Å². The maximum absolute atomic E-state index is 13.2. The van der Waals surface area contributed by atoms with Crippen LogP contribution in [-0.2, 0) is 11.3 Å². The lowest BCUT2D eigenvalue weighted by Crippen LogP contribution is -2.52. The number of aryl methyl sites for hydroxylation is 1. The average Bonchev–Trinajstić information content (AvgIpc) is 2.75. The zero-order chi connectivity index (χ0) is 20.2. The van der Waals surface area contributed by atoms with Crippen molar-refractivity contribution in [1.29, 1.82) is 0 Å². The first-order valence-electron chi connectivity index (χ1n) is 10.7. The molecule has 0 saturated carbocycles. The Hall–Kier alpha value is -2.04. The summed E-state index contributed by atoms with van der Waals surface area (Å²) in [4.78, 5) is 20.0. The van der Waals surface area contributed by atoms with Crippen LogP contribution in [0.3, 0.4) is 0 Å². The molecular weight excluding hydrogens is 382 g/mol. The van der Waals surface area contributed by atoms with Gasteiger partial charge in [-0.15, -0.1) is 0 Å². The minimum Gasteiger partial charge on any atom is -0.368 e. The highest BCUT2D eigenvalue weighted by Crippen LogP contribution is 2.24. The number of piperazine rings is 1. The van der Waals surface area contributed by atoms with E-state index in [1.165, 1.54) is 11.1 Å². The van der Waals surface area contributed by atoms with Gasteiger partial charge in [0, 0.05) is 50.0 Å². The number of piperidine rings is 1. The van der Waals surface area contributed by atoms with Crippen LogP contribution in [0.15, 0.2) is 48.5 Å². The number of nitrogens with zero attached hydrogens (tertiary/aromatic N) is 3. The molecule has 0 aliphatic carbocycles. The predicted octanol–water partition coefficient (Wildman–Crippen LogP) is 4.21. The van der Waals surface area contributed by atoms with Crippen LogP contribution in [0.25, 0.3) is 0 Å². The first-order chi connectivity index (χ1) is 14.1. The summed E-state index contributed by atoms with van der Waals surface area (Å²) in [7, 11) is 0. The van der Waals surface area contributed by atoms with Crippen molar-refractivity contribution >= 4 is 23.2 Å². The fourth-order valence-corrected chi connectivity index (χ4v) is 4.65. The van der Waals surface area contributed by atoms with Crippen molar-refractivity contribution in [2.24, 2.45) is 5.92 Å². The van der Waals surface area contributed by atoms with E-state index in [0.29, 0.717) is 5.91 Å². The maximum Gasteiger partial charge on any atom is 0.227 e. The summed E-state index contributed by atoms with van der Waals surface area (Å²) in [5.41, 5.74) is 3.77. The Balaban J connectivity index is 1.30. The number of anilines is 1. The number of hydrogen-bond donors (Lipinski definition) is 0. The number of amides is 1. The third kappa shape index (κ3) is 5.12. The molecule has 29 heavy (non-hydrogen) atoms. The van der Waals surface area contributed by atoms with Gasteiger partial charge >= 0.3 is 0 Å². The maximum atomic E-state index is 13.2. The topological polar surface area (TPSA) is 26.8 Å². The molecule has 1 amide bonds. The van der Waals surface area contributed by atoms with E-state index in [1.54, 1.807) is 0 Å². The normalized spacial score (nSPS) is 20.7. The summed E-state index contributed by atoms with van der Waals surface area (Å²) in [6.07, 6.45) is 2.11. The van der Waals surface area contributed by atoms with Crippen LogP contribution in [0.5, 0.6) is 0 Å². The van der Waals surface area contributed by atoms with Crippen LogP contribution in [0.4, 0.5) is 5.69 Å². The molecule has 2 aromatic carbocycles. The van der Waals surface area contributed by atoms with E-state index < -0.39 is 0 Å². The molecule has 154 valence electrons. The second kappa shape index (κ2) is 9.19. The van der Waals surface area contributed by atoms with E-state index in [1.807, 2.05) is 18.2 Å². The molecule has 5 heteroatoms. The zero-order valence-corrected chi connectivity index (χ0v) is 17.9. The fraction of sp³-hybridized carbons (Fsp3) is 0.458. The molecule has 2 fully saturated rings. The van der Waals surface area contributed by atoms with Crippen molar-refractivity contribution in [3.8, 4) is 0 Å². The van der Waals surface area contributed by atoms with E-state index in [2.05, 4.69) is 52.0 Å². The van der Waals surface area contributed by atoms with Gasteiger partial charge in [0.05, 0.1) is 5.92 Å². The molecule has 2 aliphatic heterocycles. The van der Waals surface area contributed by atoms with Crippen molar-refractivity contribution in [2.45, 2.75) is 26.3 Å². The van der Waals surface area contributed by atoms with Crippen molar-refractivity contribution in [3.63, 3.8) is 0 Å². The minimum atomic E-state index is 0.131. The number of carbonyl (C=O) groups is 1. The molecule has 2 saturated heterocycles. The highest BCUT2D eigenvalue weighted by atomic mass is 35.5. The summed E-state index contributed by atoms with van der Waals surface area (Å²) in [6.45, 7) is 8.33. The van der Waals surface area contributed by atoms with Gasteiger partial charge in [0.15, 0.2) is 0 Å². The fourth-order valence-electron chi connectivity index (χ4n) is 4.47. The summed E-state index contributed by atoms with van der Waals surface area (Å²) in [5, 5.41) is 0.761. The molecule has 4 nitrogen and oxygen atoms in total. The van der Waals surface area contributed by atoms with E-state index in [0.717, 1.165) is 69.4 Å². The molecule has 2 aliphatic rings. The zero-order valence-electron chi connectivity index (χ0n) is 17.2. The number of halogens is 1. The summed E-state index contributed by atoms with van der Waals surface area (Å²) in [5.74, 6) is 0.469. The van der Waals surface area contributed by atoms with Gasteiger partial charge in [-0.1, -0.05) is 47.5 Å². The molecule has 4 rings (SSSR count). The molecule has 0 bridgehead atoms. The third-order valence-electron chi connectivity index (χ3n) is 6.15. The lowest BCUT2D eigenvalue weighted by atomic mass is 9.95. The van der Waals surface area contributed by atoms with Gasteiger partial charge in [0.25, 0.3) is 0 Å². The van der Waals surface area contributed by atoms with E-state index >= 15 is 0 Å². The van der Waals surface area contributed by atoms with Crippen molar-refractivity contribution in [1.82, 2.24) is 9.80 Å². The Morgan fingerprint density at radius 2 is 1.79 bits per heavy atom. The lowest BCUT2D eigenvalue weighted by Gasteiger charge is -2.39. The first kappa shape index (κ1) is 20.2. The number of carbonyl (C=O) groups excluding carboxylic acids is 1. The lowest BCUT2D eigenvalue weighted by molar-refractivity contribution is -0.137. The number of likely N-dealkylation sites (tertiary alicyclic amines) is 1. The minimum absolute atomic E-state index is 0.131. The number of hydrogen-bond acceptors (Lipinski definition) is 3. The Labute approximate surface area is 179 Å². The van der Waals surface area contributed by atoms with E-state index in [-0.39, 0.29) is 5.92 Å². The Morgan fingerprint density at radius 3 is 2.52 bits per heavy atom. The summed E-state index contributed by atoms with van der Waals surface area (Å²) >= 11 is 6.13. The molecule has 0 radical (unpaired) electrons. The largest absolute Gasteiger partial charge is 0.368 e. The molecule has 1 unspecified atom stereocenters. The van der Waals surface area contributed by atoms with Crippen molar-refractivity contribution in [3.05, 3.63) is 64.7 Å². The SMILES string of the molecule is Cc1ccc(CN2CCCC(C(=O)N3CCN(c4cccc(Cl)c4)CC3)C2)cc1.